The van der Waals surface area contributed by atoms with Crippen LogP contribution in [0.1, 0.15) is 12.5 Å². The zero-order chi connectivity index (χ0) is 12.5. The molecule has 1 atom stereocenters. The van der Waals surface area contributed by atoms with Gasteiger partial charge in [-0.15, -0.1) is 0 Å². The zero-order valence-corrected chi connectivity index (χ0v) is 10.6. The number of hydrogen-bond donors (Lipinski definition) is 0. The van der Waals surface area contributed by atoms with Gasteiger partial charge in [-0.3, -0.25) is 4.99 Å². The lowest BCUT2D eigenvalue weighted by atomic mass is 9.85. The molecule has 0 N–H and O–H groups in total. The summed E-state index contributed by atoms with van der Waals surface area (Å²) in [4.78, 5) is 4.54. The Morgan fingerprint density at radius 3 is 2.67 bits per heavy atom. The molecular weight excluding hydrogens is 222 g/mol. The Bertz CT molecular complexity index is 588. The molecule has 18 heavy (non-hydrogen) atoms. The molecule has 0 amide bonds. The van der Waals surface area contributed by atoms with Gasteiger partial charge >= 0.3 is 0 Å². The summed E-state index contributed by atoms with van der Waals surface area (Å²) in [6, 6.07) is 8.15. The number of nitrogens with zero attached hydrogens (tertiary/aromatic N) is 1. The lowest BCUT2D eigenvalue weighted by molar-refractivity contribution is 0.415. The van der Waals surface area contributed by atoms with Crippen LogP contribution in [-0.2, 0) is 0 Å². The van der Waals surface area contributed by atoms with E-state index in [1.54, 1.807) is 7.11 Å². The third kappa shape index (κ3) is 1.70. The van der Waals surface area contributed by atoms with Gasteiger partial charge in [0, 0.05) is 12.1 Å². The number of allylic oxidation sites excluding steroid dienone is 5. The van der Waals surface area contributed by atoms with Crippen molar-refractivity contribution < 1.29 is 4.74 Å². The molecular formula is C16H15NO. The molecule has 0 bridgehead atoms. The molecule has 0 saturated heterocycles. The van der Waals surface area contributed by atoms with E-state index in [9.17, 15) is 0 Å². The molecule has 1 aromatic carbocycles. The van der Waals surface area contributed by atoms with Crippen molar-refractivity contribution in [3.8, 4) is 5.75 Å². The summed E-state index contributed by atoms with van der Waals surface area (Å²) in [5, 5.41) is 0. The average molecular weight is 237 g/mol. The molecule has 1 aliphatic heterocycles. The van der Waals surface area contributed by atoms with E-state index < -0.39 is 0 Å². The molecule has 1 unspecified atom stereocenters. The first kappa shape index (κ1) is 11.0. The van der Waals surface area contributed by atoms with Crippen LogP contribution in [0.2, 0.25) is 0 Å². The molecule has 2 nitrogen and oxygen atoms in total. The Balaban J connectivity index is 1.91. The molecule has 2 aliphatic rings. The number of ether oxygens (including phenoxy) is 1. The normalized spacial score (nSPS) is 21.0. The predicted octanol–water partition coefficient (Wildman–Crippen LogP) is 3.62. The van der Waals surface area contributed by atoms with Crippen LogP contribution in [0.5, 0.6) is 5.75 Å². The van der Waals surface area contributed by atoms with Crippen molar-refractivity contribution in [1.82, 2.24) is 0 Å². The van der Waals surface area contributed by atoms with Crippen molar-refractivity contribution in [3.05, 3.63) is 59.8 Å². The van der Waals surface area contributed by atoms with E-state index in [1.165, 1.54) is 22.4 Å². The van der Waals surface area contributed by atoms with Crippen LogP contribution >= 0.6 is 0 Å². The Kier molecular flexibility index (Phi) is 2.63. The molecule has 0 saturated carbocycles. The third-order valence-corrected chi connectivity index (χ3v) is 3.45. The maximum Gasteiger partial charge on any atom is 0.118 e. The van der Waals surface area contributed by atoms with E-state index in [2.05, 4.69) is 42.3 Å². The number of benzene rings is 1. The zero-order valence-electron chi connectivity index (χ0n) is 10.6. The van der Waals surface area contributed by atoms with Crippen LogP contribution in [0.4, 0.5) is 0 Å². The number of methoxy groups -OCH3 is 1. The summed E-state index contributed by atoms with van der Waals surface area (Å²) >= 11 is 0. The van der Waals surface area contributed by atoms with E-state index in [-0.39, 0.29) is 0 Å². The first-order chi connectivity index (χ1) is 8.79. The standard InChI is InChI=1S/C16H15NO/c1-11-4-3-5-14-15(10-17-16(11)14)12-6-8-13(18-2)9-7-12/h3-10,14H,1-2H3. The van der Waals surface area contributed by atoms with Gasteiger partial charge in [-0.25, -0.2) is 0 Å². The molecule has 0 spiro atoms. The number of rotatable bonds is 2. The van der Waals surface area contributed by atoms with Crippen molar-refractivity contribution >= 4 is 11.3 Å². The average Bonchev–Trinajstić information content (AvgIpc) is 2.84. The van der Waals surface area contributed by atoms with E-state index in [0.717, 1.165) is 5.75 Å². The van der Waals surface area contributed by atoms with Crippen molar-refractivity contribution in [2.24, 2.45) is 10.9 Å². The van der Waals surface area contributed by atoms with E-state index in [0.29, 0.717) is 5.92 Å². The molecule has 0 aromatic heterocycles. The van der Waals surface area contributed by atoms with Crippen LogP contribution < -0.4 is 4.74 Å². The molecule has 1 aliphatic carbocycles. The third-order valence-electron chi connectivity index (χ3n) is 3.45. The lowest BCUT2D eigenvalue weighted by Gasteiger charge is -2.17. The van der Waals surface area contributed by atoms with Gasteiger partial charge in [-0.1, -0.05) is 30.4 Å². The molecule has 3 rings (SSSR count). The fourth-order valence-corrected chi connectivity index (χ4v) is 2.42. The van der Waals surface area contributed by atoms with Crippen molar-refractivity contribution in [3.63, 3.8) is 0 Å². The van der Waals surface area contributed by atoms with Gasteiger partial charge in [0.2, 0.25) is 0 Å². The first-order valence-electron chi connectivity index (χ1n) is 6.07. The molecule has 0 fully saturated rings. The van der Waals surface area contributed by atoms with Gasteiger partial charge < -0.3 is 4.74 Å². The summed E-state index contributed by atoms with van der Waals surface area (Å²) in [5.41, 5.74) is 4.89. The quantitative estimate of drug-likeness (QED) is 0.769. The summed E-state index contributed by atoms with van der Waals surface area (Å²) in [7, 11) is 1.68. The van der Waals surface area contributed by atoms with Gasteiger partial charge in [-0.2, -0.15) is 0 Å². The van der Waals surface area contributed by atoms with E-state index in [1.807, 2.05) is 18.3 Å². The first-order valence-corrected chi connectivity index (χ1v) is 6.07. The van der Waals surface area contributed by atoms with Crippen LogP contribution in [0.25, 0.3) is 5.57 Å². The highest BCUT2D eigenvalue weighted by atomic mass is 16.5. The monoisotopic (exact) mass is 237 g/mol. The second-order valence-corrected chi connectivity index (χ2v) is 4.54. The molecule has 90 valence electrons. The lowest BCUT2D eigenvalue weighted by Crippen LogP contribution is -2.14. The Labute approximate surface area is 107 Å². The SMILES string of the molecule is COc1ccc(C2=CN=C3C(C)=CC=CC23)cc1. The Hall–Kier alpha value is -2.09. The Morgan fingerprint density at radius 1 is 1.17 bits per heavy atom. The van der Waals surface area contributed by atoms with Crippen molar-refractivity contribution in [2.45, 2.75) is 6.92 Å². The molecule has 1 aromatic rings. The van der Waals surface area contributed by atoms with E-state index in [4.69, 9.17) is 4.74 Å². The summed E-state index contributed by atoms with van der Waals surface area (Å²) in [6.45, 7) is 2.11. The van der Waals surface area contributed by atoms with Crippen LogP contribution in [0, 0.1) is 5.92 Å². The number of hydrogen-bond acceptors (Lipinski definition) is 2. The van der Waals surface area contributed by atoms with Gasteiger partial charge in [-0.05, 0) is 35.8 Å². The van der Waals surface area contributed by atoms with Crippen LogP contribution in [0.3, 0.4) is 0 Å². The highest BCUT2D eigenvalue weighted by molar-refractivity contribution is 6.12. The molecule has 0 radical (unpaired) electrons. The molecule has 2 heteroatoms. The molecule has 1 heterocycles. The number of fused-ring (bicyclic) bond motifs is 1. The minimum absolute atomic E-state index is 0.309. The second kappa shape index (κ2) is 4.30. The van der Waals surface area contributed by atoms with Crippen molar-refractivity contribution in [1.29, 1.82) is 0 Å². The summed E-state index contributed by atoms with van der Waals surface area (Å²) < 4.78 is 5.18. The smallest absolute Gasteiger partial charge is 0.118 e. The highest BCUT2D eigenvalue weighted by Crippen LogP contribution is 2.35. The van der Waals surface area contributed by atoms with E-state index >= 15 is 0 Å². The maximum absolute atomic E-state index is 5.18. The van der Waals surface area contributed by atoms with Gasteiger partial charge in [0.25, 0.3) is 0 Å². The summed E-state index contributed by atoms with van der Waals surface area (Å²) in [6.07, 6.45) is 8.41. The fourth-order valence-electron chi connectivity index (χ4n) is 2.42. The van der Waals surface area contributed by atoms with Crippen LogP contribution in [-0.4, -0.2) is 12.8 Å². The topological polar surface area (TPSA) is 21.6 Å². The minimum Gasteiger partial charge on any atom is -0.497 e. The van der Waals surface area contributed by atoms with Crippen LogP contribution in [0.15, 0.2) is 59.3 Å². The Morgan fingerprint density at radius 2 is 1.94 bits per heavy atom. The number of aliphatic imine (C=N–C) groups is 1. The van der Waals surface area contributed by atoms with Gasteiger partial charge in [0.1, 0.15) is 5.75 Å². The largest absolute Gasteiger partial charge is 0.497 e. The summed E-state index contributed by atoms with van der Waals surface area (Å²) in [5.74, 6) is 1.19. The van der Waals surface area contributed by atoms with Gasteiger partial charge in [0.15, 0.2) is 0 Å². The van der Waals surface area contributed by atoms with Crippen molar-refractivity contribution in [2.75, 3.05) is 7.11 Å². The highest BCUT2D eigenvalue weighted by Gasteiger charge is 2.26. The second-order valence-electron chi connectivity index (χ2n) is 4.54. The fraction of sp³-hybridized carbons (Fsp3) is 0.188. The maximum atomic E-state index is 5.18. The van der Waals surface area contributed by atoms with Gasteiger partial charge in [0.05, 0.1) is 12.8 Å². The predicted molar refractivity (Wildman–Crippen MR) is 74.8 cm³/mol. The minimum atomic E-state index is 0.309.